The van der Waals surface area contributed by atoms with Crippen LogP contribution in [0.5, 0.6) is 0 Å². The van der Waals surface area contributed by atoms with Gasteiger partial charge in [0.15, 0.2) is 0 Å². The standard InChI is InChI=1S/C18H25N5O5S/c1-29(27,28)23-11-10-22(18(26)20-13-6-3-2-4-7-13)12-15(23)17(25)21-14-8-5-9-19-16(14)24/h2-4,6-7,14-15H,5,8-12H2,1H3,(H,19,24)(H,20,26)(H,21,25). The fourth-order valence-corrected chi connectivity index (χ4v) is 4.50. The van der Waals surface area contributed by atoms with Gasteiger partial charge in [0, 0.05) is 31.9 Å². The Hall–Kier alpha value is -2.66. The average Bonchev–Trinajstić information content (AvgIpc) is 2.69. The lowest BCUT2D eigenvalue weighted by atomic mass is 10.1. The van der Waals surface area contributed by atoms with Crippen molar-refractivity contribution in [2.45, 2.75) is 24.9 Å². The Balaban J connectivity index is 1.72. The Morgan fingerprint density at radius 2 is 1.90 bits per heavy atom. The molecular formula is C18H25N5O5S. The Labute approximate surface area is 169 Å². The zero-order chi connectivity index (χ0) is 21.0. The van der Waals surface area contributed by atoms with Crippen LogP contribution in [-0.4, -0.2) is 80.0 Å². The van der Waals surface area contributed by atoms with Crippen LogP contribution in [0.3, 0.4) is 0 Å². The number of piperidine rings is 1. The Bertz CT molecular complexity index is 876. The molecule has 1 aromatic rings. The van der Waals surface area contributed by atoms with Crippen molar-refractivity contribution in [3.05, 3.63) is 30.3 Å². The molecule has 3 rings (SSSR count). The molecule has 0 spiro atoms. The summed E-state index contributed by atoms with van der Waals surface area (Å²) in [5.41, 5.74) is 0.600. The van der Waals surface area contributed by atoms with Crippen LogP contribution in [0.2, 0.25) is 0 Å². The lowest BCUT2D eigenvalue weighted by molar-refractivity contribution is -0.132. The van der Waals surface area contributed by atoms with Crippen LogP contribution < -0.4 is 16.0 Å². The molecule has 2 heterocycles. The summed E-state index contributed by atoms with van der Waals surface area (Å²) in [7, 11) is -3.67. The van der Waals surface area contributed by atoms with E-state index in [9.17, 15) is 22.8 Å². The normalized spacial score (nSPS) is 23.2. The lowest BCUT2D eigenvalue weighted by Gasteiger charge is -2.39. The molecular weight excluding hydrogens is 398 g/mol. The molecule has 4 amide bonds. The topological polar surface area (TPSA) is 128 Å². The second-order valence-electron chi connectivity index (χ2n) is 7.13. The largest absolute Gasteiger partial charge is 0.354 e. The number of benzene rings is 1. The van der Waals surface area contributed by atoms with Gasteiger partial charge in [-0.3, -0.25) is 9.59 Å². The Morgan fingerprint density at radius 3 is 2.55 bits per heavy atom. The molecule has 2 saturated heterocycles. The molecule has 1 aromatic carbocycles. The maximum absolute atomic E-state index is 12.8. The van der Waals surface area contributed by atoms with Crippen molar-refractivity contribution in [2.24, 2.45) is 0 Å². The number of amides is 4. The van der Waals surface area contributed by atoms with Crippen molar-refractivity contribution in [3.63, 3.8) is 0 Å². The minimum Gasteiger partial charge on any atom is -0.354 e. The third kappa shape index (κ3) is 5.24. The SMILES string of the molecule is CS(=O)(=O)N1CCN(C(=O)Nc2ccccc2)CC1C(=O)NC1CCCNC1=O. The highest BCUT2D eigenvalue weighted by atomic mass is 32.2. The van der Waals surface area contributed by atoms with Gasteiger partial charge in [-0.15, -0.1) is 0 Å². The van der Waals surface area contributed by atoms with Gasteiger partial charge in [-0.25, -0.2) is 13.2 Å². The third-order valence-electron chi connectivity index (χ3n) is 4.97. The second-order valence-corrected chi connectivity index (χ2v) is 9.06. The van der Waals surface area contributed by atoms with Gasteiger partial charge in [-0.05, 0) is 25.0 Å². The first-order chi connectivity index (χ1) is 13.8. The fraction of sp³-hybridized carbons (Fsp3) is 0.500. The number of hydrogen-bond donors (Lipinski definition) is 3. The number of rotatable bonds is 4. The maximum Gasteiger partial charge on any atom is 0.321 e. The molecule has 0 saturated carbocycles. The predicted molar refractivity (Wildman–Crippen MR) is 107 cm³/mol. The number of nitrogens with one attached hydrogen (secondary N) is 3. The summed E-state index contributed by atoms with van der Waals surface area (Å²) < 4.78 is 25.4. The number of urea groups is 1. The number of sulfonamides is 1. The van der Waals surface area contributed by atoms with Gasteiger partial charge in [0.05, 0.1) is 6.26 Å². The molecule has 2 aliphatic rings. The molecule has 2 unspecified atom stereocenters. The summed E-state index contributed by atoms with van der Waals surface area (Å²) in [5, 5.41) is 8.05. The van der Waals surface area contributed by atoms with Gasteiger partial charge in [-0.1, -0.05) is 18.2 Å². The summed E-state index contributed by atoms with van der Waals surface area (Å²) >= 11 is 0. The molecule has 29 heavy (non-hydrogen) atoms. The number of para-hydroxylation sites is 1. The van der Waals surface area contributed by atoms with E-state index in [4.69, 9.17) is 0 Å². The van der Waals surface area contributed by atoms with Crippen LogP contribution in [0.4, 0.5) is 10.5 Å². The minimum absolute atomic E-state index is 0.00398. The molecule has 0 bridgehead atoms. The number of piperazine rings is 1. The van der Waals surface area contributed by atoms with E-state index < -0.39 is 34.0 Å². The first-order valence-electron chi connectivity index (χ1n) is 9.41. The molecule has 0 aromatic heterocycles. The molecule has 2 aliphatic heterocycles. The highest BCUT2D eigenvalue weighted by Crippen LogP contribution is 2.17. The number of carbonyl (C=O) groups excluding carboxylic acids is 3. The summed E-state index contributed by atoms with van der Waals surface area (Å²) in [6.45, 7) is 0.596. The van der Waals surface area contributed by atoms with Crippen LogP contribution in [0.25, 0.3) is 0 Å². The van der Waals surface area contributed by atoms with Crippen molar-refractivity contribution < 1.29 is 22.8 Å². The number of carbonyl (C=O) groups is 3. The summed E-state index contributed by atoms with van der Waals surface area (Å²) in [6, 6.07) is 6.62. The van der Waals surface area contributed by atoms with E-state index >= 15 is 0 Å². The molecule has 11 heteroatoms. The lowest BCUT2D eigenvalue weighted by Crippen LogP contribution is -2.63. The van der Waals surface area contributed by atoms with Gasteiger partial charge in [0.1, 0.15) is 12.1 Å². The van der Waals surface area contributed by atoms with Gasteiger partial charge < -0.3 is 20.9 Å². The van der Waals surface area contributed by atoms with E-state index in [1.807, 2.05) is 6.07 Å². The van der Waals surface area contributed by atoms with Gasteiger partial charge in [0.25, 0.3) is 0 Å². The van der Waals surface area contributed by atoms with E-state index in [0.29, 0.717) is 18.7 Å². The molecule has 0 aliphatic carbocycles. The smallest absolute Gasteiger partial charge is 0.321 e. The van der Waals surface area contributed by atoms with E-state index in [2.05, 4.69) is 16.0 Å². The summed E-state index contributed by atoms with van der Waals surface area (Å²) in [5.74, 6) is -0.875. The van der Waals surface area contributed by atoms with E-state index in [1.165, 1.54) is 4.90 Å². The monoisotopic (exact) mass is 423 g/mol. The highest BCUT2D eigenvalue weighted by Gasteiger charge is 2.40. The van der Waals surface area contributed by atoms with Crippen LogP contribution in [0.1, 0.15) is 12.8 Å². The maximum atomic E-state index is 12.8. The average molecular weight is 423 g/mol. The Morgan fingerprint density at radius 1 is 1.17 bits per heavy atom. The summed E-state index contributed by atoms with van der Waals surface area (Å²) in [6.07, 6.45) is 2.24. The zero-order valence-corrected chi connectivity index (χ0v) is 16.9. The van der Waals surface area contributed by atoms with Crippen LogP contribution in [0.15, 0.2) is 30.3 Å². The molecule has 10 nitrogen and oxygen atoms in total. The van der Waals surface area contributed by atoms with Crippen molar-refractivity contribution >= 4 is 33.6 Å². The van der Waals surface area contributed by atoms with E-state index in [1.54, 1.807) is 24.3 Å². The van der Waals surface area contributed by atoms with Crippen LogP contribution >= 0.6 is 0 Å². The fourth-order valence-electron chi connectivity index (χ4n) is 3.46. The van der Waals surface area contributed by atoms with Crippen LogP contribution in [0, 0.1) is 0 Å². The predicted octanol–water partition coefficient (Wildman–Crippen LogP) is -0.441. The van der Waals surface area contributed by atoms with Crippen molar-refractivity contribution in [3.8, 4) is 0 Å². The quantitative estimate of drug-likeness (QED) is 0.605. The third-order valence-corrected chi connectivity index (χ3v) is 6.26. The van der Waals surface area contributed by atoms with Crippen molar-refractivity contribution in [2.75, 3.05) is 37.8 Å². The zero-order valence-electron chi connectivity index (χ0n) is 16.1. The van der Waals surface area contributed by atoms with Crippen LogP contribution in [-0.2, 0) is 19.6 Å². The Kier molecular flexibility index (Phi) is 6.38. The molecule has 158 valence electrons. The van der Waals surface area contributed by atoms with Gasteiger partial charge in [-0.2, -0.15) is 4.31 Å². The number of nitrogens with zero attached hydrogens (tertiary/aromatic N) is 2. The van der Waals surface area contributed by atoms with E-state index in [-0.39, 0.29) is 25.5 Å². The second kappa shape index (κ2) is 8.78. The van der Waals surface area contributed by atoms with Crippen molar-refractivity contribution in [1.82, 2.24) is 19.8 Å². The molecule has 3 N–H and O–H groups in total. The molecule has 0 radical (unpaired) electrons. The summed E-state index contributed by atoms with van der Waals surface area (Å²) in [4.78, 5) is 38.8. The number of anilines is 1. The first-order valence-corrected chi connectivity index (χ1v) is 11.3. The number of hydrogen-bond acceptors (Lipinski definition) is 5. The molecule has 2 fully saturated rings. The van der Waals surface area contributed by atoms with Crippen molar-refractivity contribution in [1.29, 1.82) is 0 Å². The highest BCUT2D eigenvalue weighted by molar-refractivity contribution is 7.88. The van der Waals surface area contributed by atoms with Gasteiger partial charge in [0.2, 0.25) is 21.8 Å². The van der Waals surface area contributed by atoms with E-state index in [0.717, 1.165) is 17.0 Å². The molecule has 2 atom stereocenters. The minimum atomic E-state index is -3.67. The first kappa shape index (κ1) is 21.1. The van der Waals surface area contributed by atoms with Gasteiger partial charge >= 0.3 is 6.03 Å².